The Morgan fingerprint density at radius 1 is 0.529 bits per heavy atom. The Hall–Kier alpha value is -8.42. The van der Waals surface area contributed by atoms with E-state index >= 15 is 0 Å². The number of carbonyl (C=O) groups is 2. The Balaban J connectivity index is 1.11. The first-order valence-corrected chi connectivity index (χ1v) is 24.7. The van der Waals surface area contributed by atoms with E-state index in [0.717, 1.165) is 29.3 Å². The van der Waals surface area contributed by atoms with Crippen molar-refractivity contribution in [3.8, 4) is 89.3 Å². The zero-order chi connectivity index (χ0) is 48.3. The van der Waals surface area contributed by atoms with Crippen LogP contribution in [0.15, 0.2) is 70.8 Å². The molecule has 0 atom stereocenters. The van der Waals surface area contributed by atoms with Crippen LogP contribution in [0.5, 0.6) is 11.5 Å². The number of methoxy groups -OCH3 is 2. The fourth-order valence-corrected chi connectivity index (χ4v) is 16.6. The quantitative estimate of drug-likeness (QED) is 0.0859. The van der Waals surface area contributed by atoms with Gasteiger partial charge in [-0.3, -0.25) is 0 Å². The van der Waals surface area contributed by atoms with Gasteiger partial charge in [0.05, 0.1) is 11.1 Å². The average molecular weight is 1020 g/mol. The molecule has 0 spiro atoms. The van der Waals surface area contributed by atoms with Gasteiger partial charge in [-0.05, 0) is 0 Å². The van der Waals surface area contributed by atoms with Crippen LogP contribution in [0, 0.1) is 90.6 Å². The molecule has 5 heterocycles. The van der Waals surface area contributed by atoms with Crippen molar-refractivity contribution in [2.45, 2.75) is 18.2 Å². The number of Topliss-reactive ketones (excluding diaryl/α,β-unsaturated/α-hetero) is 2. The van der Waals surface area contributed by atoms with Crippen LogP contribution in [0.4, 0.5) is 0 Å². The molecule has 0 saturated carbocycles. The first-order valence-electron chi connectivity index (χ1n) is 19.7. The van der Waals surface area contributed by atoms with Crippen molar-refractivity contribution in [3.63, 3.8) is 0 Å². The summed E-state index contributed by atoms with van der Waals surface area (Å²) in [7, 11) is 3.12. The van der Waals surface area contributed by atoms with Gasteiger partial charge in [-0.25, -0.2) is 0 Å². The summed E-state index contributed by atoms with van der Waals surface area (Å²) in [6.45, 7) is 4.43. The number of nitriles is 8. The van der Waals surface area contributed by atoms with Gasteiger partial charge in [0.25, 0.3) is 0 Å². The fourth-order valence-electron chi connectivity index (χ4n) is 8.28. The summed E-state index contributed by atoms with van der Waals surface area (Å²) in [5, 5.41) is 78.5. The van der Waals surface area contributed by atoms with Gasteiger partial charge in [0.2, 0.25) is 0 Å². The van der Waals surface area contributed by atoms with E-state index in [2.05, 4.69) is 26.0 Å². The number of hydrogen-bond acceptors (Lipinski definition) is 16. The van der Waals surface area contributed by atoms with Crippen molar-refractivity contribution in [2.75, 3.05) is 14.2 Å². The van der Waals surface area contributed by atoms with Gasteiger partial charge in [0, 0.05) is 0 Å². The van der Waals surface area contributed by atoms with Crippen LogP contribution in [0.1, 0.15) is 83.3 Å². The Labute approximate surface area is 410 Å². The van der Waals surface area contributed by atoms with Crippen molar-refractivity contribution in [3.05, 3.63) is 131 Å². The molecule has 12 nitrogen and oxygen atoms in total. The van der Waals surface area contributed by atoms with Crippen molar-refractivity contribution in [1.29, 1.82) is 42.1 Å². The summed E-state index contributed by atoms with van der Waals surface area (Å²) < 4.78 is 12.8. The van der Waals surface area contributed by atoms with E-state index in [9.17, 15) is 51.7 Å². The summed E-state index contributed by atoms with van der Waals surface area (Å²) in [5.41, 5.74) is 1.77. The Bertz CT molecular complexity index is 3840. The fraction of sp³-hybridized carbons (Fsp3) is 0.0980. The molecule has 68 heavy (non-hydrogen) atoms. The standard InChI is InChI=1S/C51H22N8O4S4Se/c1-51(2)37-13-40(48-38(62-3)11-29(64-48)9-35-43(27(19-56)20-57)31-5-23(15-52)25(17-54)7-33(31)45(35)60)66-47(37)50-42(68-51)14-41(67-50)49-39(63-4)12-30(65-49)10-36-44(28(21-58)22-59)32-6-24(16-53)26(18-55)8-34(32)46(36)61/h5-14H,1-4H3/b35-9-,36-10-. The van der Waals surface area contributed by atoms with Crippen LogP contribution in [0.25, 0.3) is 52.6 Å². The van der Waals surface area contributed by atoms with Crippen LogP contribution in [-0.2, 0) is 4.31 Å². The van der Waals surface area contributed by atoms with Gasteiger partial charge in [-0.1, -0.05) is 0 Å². The van der Waals surface area contributed by atoms with Crippen LogP contribution in [-0.4, -0.2) is 40.7 Å². The molecule has 320 valence electrons. The third-order valence-corrected chi connectivity index (χ3v) is 19.2. The van der Waals surface area contributed by atoms with E-state index in [4.69, 9.17) is 9.47 Å². The average Bonchev–Trinajstić information content (AvgIpc) is 4.21. The molecular weight excluding hydrogens is 996 g/mol. The molecule has 0 fully saturated rings. The molecular formula is C51H22N8O4S4Se. The maximum atomic E-state index is 13.9. The van der Waals surface area contributed by atoms with Crippen molar-refractivity contribution in [1.82, 2.24) is 0 Å². The van der Waals surface area contributed by atoms with E-state index in [0.29, 0.717) is 21.3 Å². The molecule has 2 aromatic carbocycles. The number of fused-ring (bicyclic) bond motifs is 5. The number of allylic oxidation sites excluding steroid dienone is 6. The number of benzene rings is 2. The van der Waals surface area contributed by atoms with Crippen molar-refractivity contribution < 1.29 is 19.1 Å². The van der Waals surface area contributed by atoms with Crippen LogP contribution < -0.4 is 13.9 Å². The van der Waals surface area contributed by atoms with Crippen LogP contribution >= 0.6 is 45.3 Å². The minimum atomic E-state index is -0.479. The zero-order valence-electron chi connectivity index (χ0n) is 35.5. The van der Waals surface area contributed by atoms with E-state index in [-0.39, 0.29) is 97.2 Å². The minimum absolute atomic E-state index is 0.0118. The second kappa shape index (κ2) is 17.1. The Morgan fingerprint density at radius 2 is 0.926 bits per heavy atom. The SMILES string of the molecule is COc1cc(/C=C2\C(=O)c3cc(C#N)c(C#N)cc3C2=C(C#N)C#N)sc1-c1cc2c(s1)-c1sc(-c3sc(/C=C4\C(=O)c5cc(C#N)c(C#N)cc5C4=C(C#N)C#N)cc3OC)cc1C(C)(C)[Se]2. The zero-order valence-corrected chi connectivity index (χ0v) is 40.5. The second-order valence-electron chi connectivity index (χ2n) is 15.4. The van der Waals surface area contributed by atoms with E-state index in [1.807, 2.05) is 48.6 Å². The molecule has 17 heteroatoms. The van der Waals surface area contributed by atoms with Gasteiger partial charge in [0.15, 0.2) is 0 Å². The predicted molar refractivity (Wildman–Crippen MR) is 258 cm³/mol. The molecule has 0 N–H and O–H groups in total. The molecule has 0 unspecified atom stereocenters. The number of carbonyl (C=O) groups excluding carboxylic acids is 2. The normalized spacial score (nSPS) is 14.8. The molecule has 0 amide bonds. The van der Waals surface area contributed by atoms with Crippen LogP contribution in [0.3, 0.4) is 0 Å². The molecule has 9 rings (SSSR count). The molecule has 4 aromatic heterocycles. The first kappa shape index (κ1) is 44.8. The summed E-state index contributed by atoms with van der Waals surface area (Å²) >= 11 is 5.99. The molecule has 0 radical (unpaired) electrons. The topological polar surface area (TPSA) is 243 Å². The van der Waals surface area contributed by atoms with Crippen molar-refractivity contribution >= 4 is 99.6 Å². The molecule has 0 bridgehead atoms. The summed E-state index contributed by atoms with van der Waals surface area (Å²) in [6, 6.07) is 28.7. The van der Waals surface area contributed by atoms with E-state index < -0.39 is 11.6 Å². The van der Waals surface area contributed by atoms with Crippen molar-refractivity contribution in [2.24, 2.45) is 0 Å². The molecule has 2 aliphatic carbocycles. The van der Waals surface area contributed by atoms with Gasteiger partial charge < -0.3 is 0 Å². The molecule has 6 aromatic rings. The molecule has 0 saturated heterocycles. The summed E-state index contributed by atoms with van der Waals surface area (Å²) in [6.07, 6.45) is 3.23. The molecule has 1 aliphatic heterocycles. The maximum absolute atomic E-state index is 13.9. The third kappa shape index (κ3) is 6.97. The Morgan fingerprint density at radius 3 is 1.32 bits per heavy atom. The van der Waals surface area contributed by atoms with Gasteiger partial charge in [-0.2, -0.15) is 31.6 Å². The molecule has 3 aliphatic rings. The van der Waals surface area contributed by atoms with E-state index in [1.54, 1.807) is 61.2 Å². The number of thiophene rings is 4. The number of hydrogen-bond donors (Lipinski definition) is 0. The number of rotatable bonds is 6. The first-order chi connectivity index (χ1) is 32.8. The second-order valence-corrected chi connectivity index (χ2v) is 23.2. The third-order valence-electron chi connectivity index (χ3n) is 11.3. The monoisotopic (exact) mass is 1020 g/mol. The number of ether oxygens (including phenoxy) is 2. The predicted octanol–water partition coefficient (Wildman–Crippen LogP) is 10.2. The number of nitrogens with zero attached hydrogens (tertiary/aromatic N) is 8. The number of ketones is 2. The van der Waals surface area contributed by atoms with Gasteiger partial charge >= 0.3 is 346 Å². The summed E-state index contributed by atoms with van der Waals surface area (Å²) in [4.78, 5) is 34.8. The van der Waals surface area contributed by atoms with Gasteiger partial charge in [0.1, 0.15) is 24.3 Å². The van der Waals surface area contributed by atoms with Crippen LogP contribution in [0.2, 0.25) is 0 Å². The Kier molecular flexibility index (Phi) is 11.3. The van der Waals surface area contributed by atoms with E-state index in [1.165, 1.54) is 57.0 Å². The summed E-state index contributed by atoms with van der Waals surface area (Å²) in [5.74, 6) is 0.162. The van der Waals surface area contributed by atoms with Gasteiger partial charge in [-0.15, -0.1) is 0 Å².